The molecule has 2 aliphatic rings. The first-order valence-electron chi connectivity index (χ1n) is 6.35. The van der Waals surface area contributed by atoms with Gasteiger partial charge in [-0.25, -0.2) is 0 Å². The van der Waals surface area contributed by atoms with Crippen LogP contribution in [0.5, 0.6) is 0 Å². The fourth-order valence-electron chi connectivity index (χ4n) is 3.00. The third-order valence-electron chi connectivity index (χ3n) is 3.94. The number of nitrogens with one attached hydrogen (secondary N) is 1. The second-order valence-corrected chi connectivity index (χ2v) is 4.97. The number of nitrogens with zero attached hydrogens (tertiary/aromatic N) is 3. The first-order valence-corrected chi connectivity index (χ1v) is 6.35. The molecule has 104 valence electrons. The summed E-state index contributed by atoms with van der Waals surface area (Å²) in [7, 11) is 0. The molecule has 1 aromatic rings. The molecule has 0 saturated carbocycles. The van der Waals surface area contributed by atoms with Crippen molar-refractivity contribution >= 4 is 24.8 Å². The summed E-state index contributed by atoms with van der Waals surface area (Å²) >= 11 is 0. The Morgan fingerprint density at radius 1 is 1.22 bits per heavy atom. The van der Waals surface area contributed by atoms with Gasteiger partial charge in [-0.3, -0.25) is 4.68 Å². The molecule has 0 aliphatic carbocycles. The van der Waals surface area contributed by atoms with Crippen LogP contribution in [0.25, 0.3) is 0 Å². The van der Waals surface area contributed by atoms with Gasteiger partial charge in [-0.2, -0.15) is 5.10 Å². The molecule has 0 radical (unpaired) electrons. The molecule has 2 fully saturated rings. The summed E-state index contributed by atoms with van der Waals surface area (Å²) < 4.78 is 2.03. The van der Waals surface area contributed by atoms with Crippen LogP contribution < -0.4 is 5.32 Å². The molecule has 1 aromatic heterocycles. The zero-order chi connectivity index (χ0) is 10.8. The molecule has 3 rings (SSSR count). The van der Waals surface area contributed by atoms with Gasteiger partial charge in [0.15, 0.2) is 0 Å². The summed E-state index contributed by atoms with van der Waals surface area (Å²) in [5.74, 6) is 0.895. The van der Waals surface area contributed by atoms with Crippen LogP contribution in [0.15, 0.2) is 18.5 Å². The Hall–Kier alpha value is -0.290. The van der Waals surface area contributed by atoms with Gasteiger partial charge in [-0.1, -0.05) is 0 Å². The molecule has 18 heavy (non-hydrogen) atoms. The zero-order valence-electron chi connectivity index (χ0n) is 10.5. The van der Waals surface area contributed by atoms with Gasteiger partial charge < -0.3 is 10.2 Å². The van der Waals surface area contributed by atoms with Gasteiger partial charge in [0, 0.05) is 31.5 Å². The third kappa shape index (κ3) is 3.60. The van der Waals surface area contributed by atoms with Crippen LogP contribution in [-0.2, 0) is 6.54 Å². The average molecular weight is 293 g/mol. The van der Waals surface area contributed by atoms with Gasteiger partial charge in [0.25, 0.3) is 0 Å². The Bertz CT molecular complexity index is 331. The normalized spacial score (nSPS) is 27.1. The first-order chi connectivity index (χ1) is 7.92. The van der Waals surface area contributed by atoms with E-state index in [0.717, 1.165) is 25.0 Å². The predicted molar refractivity (Wildman–Crippen MR) is 77.7 cm³/mol. The highest BCUT2D eigenvalue weighted by atomic mass is 35.5. The van der Waals surface area contributed by atoms with Gasteiger partial charge >= 0.3 is 0 Å². The van der Waals surface area contributed by atoms with Gasteiger partial charge in [-0.05, 0) is 37.9 Å². The van der Waals surface area contributed by atoms with E-state index in [1.165, 1.54) is 32.5 Å². The van der Waals surface area contributed by atoms with Crippen LogP contribution in [0.3, 0.4) is 0 Å². The van der Waals surface area contributed by atoms with Crippen LogP contribution in [0.1, 0.15) is 12.8 Å². The van der Waals surface area contributed by atoms with Gasteiger partial charge in [0.05, 0.1) is 6.54 Å². The number of likely N-dealkylation sites (tertiary alicyclic amines) is 1. The van der Waals surface area contributed by atoms with E-state index in [2.05, 4.69) is 15.3 Å². The molecular formula is C12H22Cl2N4. The number of aromatic nitrogens is 2. The molecule has 2 saturated heterocycles. The second kappa shape index (κ2) is 7.34. The largest absolute Gasteiger partial charge is 0.314 e. The maximum atomic E-state index is 4.24. The van der Waals surface area contributed by atoms with Crippen LogP contribution in [0.4, 0.5) is 0 Å². The summed E-state index contributed by atoms with van der Waals surface area (Å²) in [5, 5.41) is 7.85. The molecule has 2 atom stereocenters. The van der Waals surface area contributed by atoms with Gasteiger partial charge in [0.2, 0.25) is 0 Å². The lowest BCUT2D eigenvalue weighted by atomic mass is 9.93. The van der Waals surface area contributed by atoms with Crippen molar-refractivity contribution in [3.63, 3.8) is 0 Å². The molecule has 0 amide bonds. The second-order valence-electron chi connectivity index (χ2n) is 4.97. The summed E-state index contributed by atoms with van der Waals surface area (Å²) in [4.78, 5) is 2.59. The van der Waals surface area contributed by atoms with Crippen molar-refractivity contribution in [1.82, 2.24) is 20.0 Å². The van der Waals surface area contributed by atoms with E-state index in [1.807, 2.05) is 23.1 Å². The van der Waals surface area contributed by atoms with E-state index >= 15 is 0 Å². The Morgan fingerprint density at radius 3 is 2.89 bits per heavy atom. The lowest BCUT2D eigenvalue weighted by Crippen LogP contribution is -2.45. The van der Waals surface area contributed by atoms with E-state index in [1.54, 1.807) is 0 Å². The summed E-state index contributed by atoms with van der Waals surface area (Å²) in [6.45, 7) is 5.92. The summed E-state index contributed by atoms with van der Waals surface area (Å²) in [6.07, 6.45) is 6.59. The van der Waals surface area contributed by atoms with Crippen molar-refractivity contribution in [3.05, 3.63) is 18.5 Å². The lowest BCUT2D eigenvalue weighted by molar-refractivity contribution is 0.156. The number of fused-ring (bicyclic) bond motifs is 1. The highest BCUT2D eigenvalue weighted by Gasteiger charge is 2.32. The number of rotatable bonds is 3. The van der Waals surface area contributed by atoms with E-state index in [4.69, 9.17) is 0 Å². The van der Waals surface area contributed by atoms with Gasteiger partial charge in [-0.15, -0.1) is 24.8 Å². The quantitative estimate of drug-likeness (QED) is 0.915. The monoisotopic (exact) mass is 292 g/mol. The topological polar surface area (TPSA) is 33.1 Å². The van der Waals surface area contributed by atoms with Crippen molar-refractivity contribution in [2.75, 3.05) is 26.2 Å². The third-order valence-corrected chi connectivity index (χ3v) is 3.94. The first kappa shape index (κ1) is 15.8. The molecule has 6 heteroatoms. The maximum Gasteiger partial charge on any atom is 0.0536 e. The van der Waals surface area contributed by atoms with Crippen molar-refractivity contribution in [1.29, 1.82) is 0 Å². The van der Waals surface area contributed by atoms with E-state index in [0.29, 0.717) is 0 Å². The Balaban J connectivity index is 0.000000810. The minimum atomic E-state index is 0. The summed E-state index contributed by atoms with van der Waals surface area (Å²) in [5.41, 5.74) is 0. The SMILES string of the molecule is Cl.Cl.c1cnn(CCN2CCC3NCCC3C2)c1. The molecule has 2 aliphatic heterocycles. The van der Waals surface area contributed by atoms with E-state index in [9.17, 15) is 0 Å². The number of piperidine rings is 1. The zero-order valence-corrected chi connectivity index (χ0v) is 12.1. The molecule has 3 heterocycles. The molecule has 4 nitrogen and oxygen atoms in total. The van der Waals surface area contributed by atoms with E-state index in [-0.39, 0.29) is 24.8 Å². The minimum Gasteiger partial charge on any atom is -0.314 e. The highest BCUT2D eigenvalue weighted by molar-refractivity contribution is 5.85. The number of hydrogen-bond donors (Lipinski definition) is 1. The Morgan fingerprint density at radius 2 is 2.11 bits per heavy atom. The standard InChI is InChI=1S/C12H20N4.2ClH/c1-4-14-16(6-1)9-8-15-7-3-12-11(10-15)2-5-13-12;;/h1,4,6,11-13H,2-3,5,7-10H2;2*1H. The smallest absolute Gasteiger partial charge is 0.0536 e. The van der Waals surface area contributed by atoms with Crippen LogP contribution >= 0.6 is 24.8 Å². The lowest BCUT2D eigenvalue weighted by Gasteiger charge is -2.34. The molecule has 0 aromatic carbocycles. The predicted octanol–water partition coefficient (Wildman–Crippen LogP) is 1.41. The van der Waals surface area contributed by atoms with Gasteiger partial charge in [0.1, 0.15) is 0 Å². The van der Waals surface area contributed by atoms with Crippen molar-refractivity contribution in [3.8, 4) is 0 Å². The molecular weight excluding hydrogens is 271 g/mol. The molecule has 0 spiro atoms. The number of hydrogen-bond acceptors (Lipinski definition) is 3. The Labute approximate surface area is 121 Å². The molecule has 0 bridgehead atoms. The van der Waals surface area contributed by atoms with Crippen molar-refractivity contribution in [2.24, 2.45) is 5.92 Å². The molecule has 1 N–H and O–H groups in total. The minimum absolute atomic E-state index is 0. The van der Waals surface area contributed by atoms with Crippen LogP contribution in [0.2, 0.25) is 0 Å². The van der Waals surface area contributed by atoms with Crippen molar-refractivity contribution in [2.45, 2.75) is 25.4 Å². The number of halogens is 2. The van der Waals surface area contributed by atoms with Crippen LogP contribution in [-0.4, -0.2) is 46.9 Å². The van der Waals surface area contributed by atoms with E-state index < -0.39 is 0 Å². The highest BCUT2D eigenvalue weighted by Crippen LogP contribution is 2.24. The average Bonchev–Trinajstić information content (AvgIpc) is 2.97. The molecule has 2 unspecified atom stereocenters. The summed E-state index contributed by atoms with van der Waals surface area (Å²) in [6, 6.07) is 2.80. The Kier molecular flexibility index (Phi) is 6.43. The fourth-order valence-corrected chi connectivity index (χ4v) is 3.00. The van der Waals surface area contributed by atoms with Crippen LogP contribution in [0, 0.1) is 5.92 Å². The van der Waals surface area contributed by atoms with Crippen molar-refractivity contribution < 1.29 is 0 Å². The maximum absolute atomic E-state index is 4.24. The fraction of sp³-hybridized carbons (Fsp3) is 0.750.